The van der Waals surface area contributed by atoms with Crippen LogP contribution >= 0.6 is 0 Å². The molecule has 0 atom stereocenters. The van der Waals surface area contributed by atoms with Gasteiger partial charge in [-0.2, -0.15) is 0 Å². The summed E-state index contributed by atoms with van der Waals surface area (Å²) in [7, 11) is 0. The molecular weight excluding hydrogens is 290 g/mol. The highest BCUT2D eigenvalue weighted by atomic mass is 19.1. The topological polar surface area (TPSA) is 58.2 Å². The van der Waals surface area contributed by atoms with Crippen molar-refractivity contribution in [2.75, 3.05) is 0 Å². The third-order valence-electron chi connectivity index (χ3n) is 2.70. The lowest BCUT2D eigenvalue weighted by Crippen LogP contribution is -2.40. The molecule has 2 rings (SSSR count). The summed E-state index contributed by atoms with van der Waals surface area (Å²) in [5, 5.41) is 0. The second-order valence-corrected chi connectivity index (χ2v) is 4.34. The molecular formula is C16H12F2N2O2. The van der Waals surface area contributed by atoms with E-state index < -0.39 is 17.6 Å². The number of carbonyl (C=O) groups excluding carboxylic acids is 2. The van der Waals surface area contributed by atoms with Crippen LogP contribution in [0.2, 0.25) is 0 Å². The number of benzene rings is 2. The molecule has 0 radical (unpaired) electrons. The Labute approximate surface area is 125 Å². The monoisotopic (exact) mass is 302 g/mol. The molecule has 4 nitrogen and oxygen atoms in total. The standard InChI is InChI=1S/C16H12F2N2O2/c17-13-6-1-11(2-7-13)3-10-15(21)19-20-16(22)12-4-8-14(18)9-5-12/h1-10H,(H,19,21)(H,20,22). The number of hydrogen-bond acceptors (Lipinski definition) is 2. The summed E-state index contributed by atoms with van der Waals surface area (Å²) >= 11 is 0. The number of hydrogen-bond donors (Lipinski definition) is 2. The average molecular weight is 302 g/mol. The van der Waals surface area contributed by atoms with Crippen LogP contribution in [0.1, 0.15) is 15.9 Å². The van der Waals surface area contributed by atoms with Gasteiger partial charge in [0.2, 0.25) is 0 Å². The summed E-state index contributed by atoms with van der Waals surface area (Å²) in [5.74, 6) is -1.95. The zero-order chi connectivity index (χ0) is 15.9. The maximum atomic E-state index is 12.7. The van der Waals surface area contributed by atoms with Crippen molar-refractivity contribution in [1.82, 2.24) is 10.9 Å². The summed E-state index contributed by atoms with van der Waals surface area (Å²) < 4.78 is 25.4. The molecule has 0 heterocycles. The molecule has 0 spiro atoms. The van der Waals surface area contributed by atoms with Gasteiger partial charge in [0.15, 0.2) is 0 Å². The number of nitrogens with one attached hydrogen (secondary N) is 2. The minimum absolute atomic E-state index is 0.212. The normalized spacial score (nSPS) is 10.5. The van der Waals surface area contributed by atoms with Gasteiger partial charge in [-0.25, -0.2) is 8.78 Å². The molecule has 0 aliphatic rings. The van der Waals surface area contributed by atoms with Gasteiger partial charge in [0, 0.05) is 11.6 Å². The number of halogens is 2. The first-order valence-electron chi connectivity index (χ1n) is 6.34. The van der Waals surface area contributed by atoms with Crippen LogP contribution in [-0.4, -0.2) is 11.8 Å². The summed E-state index contributed by atoms with van der Waals surface area (Å²) in [6.45, 7) is 0. The van der Waals surface area contributed by atoms with Crippen LogP contribution in [0.5, 0.6) is 0 Å². The molecule has 2 amide bonds. The lowest BCUT2D eigenvalue weighted by Gasteiger charge is -2.05. The van der Waals surface area contributed by atoms with Gasteiger partial charge in [-0.3, -0.25) is 20.4 Å². The molecule has 22 heavy (non-hydrogen) atoms. The van der Waals surface area contributed by atoms with Crippen LogP contribution in [0.4, 0.5) is 8.78 Å². The maximum Gasteiger partial charge on any atom is 0.269 e. The van der Waals surface area contributed by atoms with Crippen LogP contribution in [0.3, 0.4) is 0 Å². The molecule has 2 N–H and O–H groups in total. The Balaban J connectivity index is 1.86. The second-order valence-electron chi connectivity index (χ2n) is 4.34. The molecule has 0 bridgehead atoms. The van der Waals surface area contributed by atoms with E-state index in [2.05, 4.69) is 10.9 Å². The van der Waals surface area contributed by atoms with Crippen LogP contribution in [-0.2, 0) is 4.79 Å². The van der Waals surface area contributed by atoms with Crippen LogP contribution in [0.15, 0.2) is 54.6 Å². The van der Waals surface area contributed by atoms with E-state index in [9.17, 15) is 18.4 Å². The first-order chi connectivity index (χ1) is 10.5. The number of rotatable bonds is 3. The van der Waals surface area contributed by atoms with Crippen molar-refractivity contribution < 1.29 is 18.4 Å². The van der Waals surface area contributed by atoms with Crippen molar-refractivity contribution in [2.24, 2.45) is 0 Å². The van der Waals surface area contributed by atoms with E-state index in [0.717, 1.165) is 12.1 Å². The van der Waals surface area contributed by atoms with Gasteiger partial charge < -0.3 is 0 Å². The molecule has 2 aromatic carbocycles. The van der Waals surface area contributed by atoms with Crippen molar-refractivity contribution in [3.63, 3.8) is 0 Å². The van der Waals surface area contributed by atoms with E-state index in [1.54, 1.807) is 0 Å². The van der Waals surface area contributed by atoms with E-state index in [0.29, 0.717) is 5.56 Å². The molecule has 0 unspecified atom stereocenters. The maximum absolute atomic E-state index is 12.7. The van der Waals surface area contributed by atoms with Gasteiger partial charge in [-0.05, 0) is 48.0 Å². The Morgan fingerprint density at radius 2 is 1.36 bits per heavy atom. The minimum atomic E-state index is -0.566. The molecule has 0 aliphatic heterocycles. The molecule has 0 saturated heterocycles. The van der Waals surface area contributed by atoms with Crippen LogP contribution in [0.25, 0.3) is 6.08 Å². The van der Waals surface area contributed by atoms with Crippen molar-refractivity contribution in [3.05, 3.63) is 77.4 Å². The highest BCUT2D eigenvalue weighted by Gasteiger charge is 2.05. The van der Waals surface area contributed by atoms with E-state index in [1.807, 2.05) is 0 Å². The van der Waals surface area contributed by atoms with Gasteiger partial charge in [0.1, 0.15) is 11.6 Å². The molecule has 6 heteroatoms. The summed E-state index contributed by atoms with van der Waals surface area (Å²) in [5.41, 5.74) is 5.23. The van der Waals surface area contributed by atoms with E-state index in [4.69, 9.17) is 0 Å². The zero-order valence-electron chi connectivity index (χ0n) is 11.3. The molecule has 112 valence electrons. The van der Waals surface area contributed by atoms with Gasteiger partial charge >= 0.3 is 0 Å². The first-order valence-corrected chi connectivity index (χ1v) is 6.34. The largest absolute Gasteiger partial charge is 0.269 e. The van der Waals surface area contributed by atoms with Crippen molar-refractivity contribution in [3.8, 4) is 0 Å². The van der Waals surface area contributed by atoms with E-state index in [-0.39, 0.29) is 11.4 Å². The van der Waals surface area contributed by atoms with E-state index >= 15 is 0 Å². The predicted octanol–water partition coefficient (Wildman–Crippen LogP) is 2.44. The third kappa shape index (κ3) is 4.52. The van der Waals surface area contributed by atoms with Crippen molar-refractivity contribution in [1.29, 1.82) is 0 Å². The lowest BCUT2D eigenvalue weighted by molar-refractivity contribution is -0.117. The van der Waals surface area contributed by atoms with Crippen LogP contribution in [0, 0.1) is 11.6 Å². The number of hydrazine groups is 1. The Hall–Kier alpha value is -3.02. The van der Waals surface area contributed by atoms with Gasteiger partial charge in [-0.15, -0.1) is 0 Å². The molecule has 0 aliphatic carbocycles. The SMILES string of the molecule is O=C(C=Cc1ccc(F)cc1)NNC(=O)c1ccc(F)cc1. The van der Waals surface area contributed by atoms with Gasteiger partial charge in [0.05, 0.1) is 0 Å². The average Bonchev–Trinajstić information content (AvgIpc) is 2.52. The van der Waals surface area contributed by atoms with E-state index in [1.165, 1.54) is 48.6 Å². The van der Waals surface area contributed by atoms with Crippen molar-refractivity contribution in [2.45, 2.75) is 0 Å². The van der Waals surface area contributed by atoms with Gasteiger partial charge in [-0.1, -0.05) is 12.1 Å². The predicted molar refractivity (Wildman–Crippen MR) is 77.4 cm³/mol. The smallest absolute Gasteiger partial charge is 0.268 e. The Morgan fingerprint density at radius 1 is 0.818 bits per heavy atom. The third-order valence-corrected chi connectivity index (χ3v) is 2.70. The van der Waals surface area contributed by atoms with Gasteiger partial charge in [0.25, 0.3) is 11.8 Å². The molecule has 0 aromatic heterocycles. The molecule has 2 aromatic rings. The molecule has 0 saturated carbocycles. The van der Waals surface area contributed by atoms with Crippen molar-refractivity contribution >= 4 is 17.9 Å². The Morgan fingerprint density at radius 3 is 1.95 bits per heavy atom. The Bertz CT molecular complexity index is 695. The number of carbonyl (C=O) groups is 2. The second kappa shape index (κ2) is 7.12. The quantitative estimate of drug-likeness (QED) is 0.676. The highest BCUT2D eigenvalue weighted by Crippen LogP contribution is 2.04. The van der Waals surface area contributed by atoms with Crippen LogP contribution < -0.4 is 10.9 Å². The summed E-state index contributed by atoms with van der Waals surface area (Å²) in [6.07, 6.45) is 2.66. The fourth-order valence-electron chi connectivity index (χ4n) is 1.58. The highest BCUT2D eigenvalue weighted by molar-refractivity contribution is 5.97. The lowest BCUT2D eigenvalue weighted by atomic mass is 10.2. The summed E-state index contributed by atoms with van der Waals surface area (Å²) in [6, 6.07) is 10.4. The zero-order valence-corrected chi connectivity index (χ0v) is 11.3. The number of amides is 2. The minimum Gasteiger partial charge on any atom is -0.268 e. The Kier molecular flexibility index (Phi) is 4.98. The fourth-order valence-corrected chi connectivity index (χ4v) is 1.58. The fraction of sp³-hybridized carbons (Fsp3) is 0. The molecule has 0 fully saturated rings. The summed E-state index contributed by atoms with van der Waals surface area (Å²) in [4.78, 5) is 23.2. The first kappa shape index (κ1) is 15.4.